The minimum absolute atomic E-state index is 0.259. The Morgan fingerprint density at radius 1 is 1.00 bits per heavy atom. The van der Waals surface area contributed by atoms with Crippen molar-refractivity contribution in [3.05, 3.63) is 23.3 Å². The van der Waals surface area contributed by atoms with Crippen molar-refractivity contribution in [3.8, 4) is 0 Å². The third-order valence-electron chi connectivity index (χ3n) is 5.60. The first-order chi connectivity index (χ1) is 10.3. The summed E-state index contributed by atoms with van der Waals surface area (Å²) in [5, 5.41) is 0. The summed E-state index contributed by atoms with van der Waals surface area (Å²) in [5.74, 6) is 0.259. The molecule has 4 nitrogen and oxygen atoms in total. The van der Waals surface area contributed by atoms with Gasteiger partial charge in [0.25, 0.3) is 0 Å². The van der Waals surface area contributed by atoms with Crippen molar-refractivity contribution >= 4 is 24.2 Å². The first-order valence-corrected chi connectivity index (χ1v) is 8.10. The molecule has 1 aromatic carbocycles. The van der Waals surface area contributed by atoms with Crippen LogP contribution in [0.5, 0.6) is 0 Å². The highest BCUT2D eigenvalue weighted by Gasteiger charge is 2.52. The van der Waals surface area contributed by atoms with Crippen molar-refractivity contribution in [2.45, 2.75) is 58.2 Å². The van der Waals surface area contributed by atoms with E-state index in [1.54, 1.807) is 0 Å². The SMILES string of the molecule is CC1(C)OB(c2cc3c4c(c2)CCN4C(=O)CC3)OC1(C)C. The summed E-state index contributed by atoms with van der Waals surface area (Å²) in [4.78, 5) is 14.0. The van der Waals surface area contributed by atoms with Crippen molar-refractivity contribution in [1.82, 2.24) is 0 Å². The van der Waals surface area contributed by atoms with E-state index < -0.39 is 0 Å². The molecule has 0 aromatic heterocycles. The second-order valence-electron chi connectivity index (χ2n) is 7.57. The standard InChI is InChI=1S/C17H22BNO3/c1-16(2)17(3,4)22-18(21-16)13-9-11-5-6-14(20)19-8-7-12(10-13)15(11)19/h9-10H,5-8H2,1-4H3. The Hall–Kier alpha value is -1.33. The van der Waals surface area contributed by atoms with E-state index in [1.807, 2.05) is 4.90 Å². The van der Waals surface area contributed by atoms with Crippen molar-refractivity contribution in [2.24, 2.45) is 0 Å². The Morgan fingerprint density at radius 2 is 1.59 bits per heavy atom. The number of hydrogen-bond acceptors (Lipinski definition) is 3. The van der Waals surface area contributed by atoms with Gasteiger partial charge in [0.15, 0.2) is 0 Å². The predicted molar refractivity (Wildman–Crippen MR) is 86.5 cm³/mol. The van der Waals surface area contributed by atoms with E-state index in [0.717, 1.165) is 30.5 Å². The number of carbonyl (C=O) groups excluding carboxylic acids is 1. The third kappa shape index (κ3) is 1.88. The number of amides is 1. The summed E-state index contributed by atoms with van der Waals surface area (Å²) in [7, 11) is -0.321. The molecule has 0 atom stereocenters. The molecule has 1 aromatic rings. The largest absolute Gasteiger partial charge is 0.494 e. The van der Waals surface area contributed by atoms with Gasteiger partial charge in [-0.05, 0) is 57.1 Å². The monoisotopic (exact) mass is 299 g/mol. The first-order valence-electron chi connectivity index (χ1n) is 8.10. The lowest BCUT2D eigenvalue weighted by molar-refractivity contribution is -0.118. The van der Waals surface area contributed by atoms with Crippen LogP contribution in [0, 0.1) is 0 Å². The van der Waals surface area contributed by atoms with Crippen LogP contribution in [-0.4, -0.2) is 30.8 Å². The van der Waals surface area contributed by atoms with E-state index in [4.69, 9.17) is 9.31 Å². The van der Waals surface area contributed by atoms with Crippen LogP contribution in [0.1, 0.15) is 45.2 Å². The van der Waals surface area contributed by atoms with Crippen LogP contribution in [0.4, 0.5) is 5.69 Å². The van der Waals surface area contributed by atoms with Crippen LogP contribution >= 0.6 is 0 Å². The van der Waals surface area contributed by atoms with E-state index >= 15 is 0 Å². The fourth-order valence-corrected chi connectivity index (χ4v) is 3.60. The number of benzene rings is 1. The molecule has 4 rings (SSSR count). The van der Waals surface area contributed by atoms with Crippen molar-refractivity contribution in [1.29, 1.82) is 0 Å². The van der Waals surface area contributed by atoms with Gasteiger partial charge in [-0.3, -0.25) is 4.79 Å². The summed E-state index contributed by atoms with van der Waals surface area (Å²) in [6.07, 6.45) is 2.37. The zero-order valence-corrected chi connectivity index (χ0v) is 13.7. The van der Waals surface area contributed by atoms with Gasteiger partial charge < -0.3 is 14.2 Å². The number of nitrogens with zero attached hydrogens (tertiary/aromatic N) is 1. The molecule has 0 spiro atoms. The molecule has 3 aliphatic heterocycles. The summed E-state index contributed by atoms with van der Waals surface area (Å²) >= 11 is 0. The van der Waals surface area contributed by atoms with Crippen LogP contribution in [0.2, 0.25) is 0 Å². The molecule has 0 N–H and O–H groups in total. The predicted octanol–water partition coefficient (Wildman–Crippen LogP) is 1.82. The molecule has 1 amide bonds. The lowest BCUT2D eigenvalue weighted by Gasteiger charge is -2.32. The molecule has 3 aliphatic rings. The molecule has 0 radical (unpaired) electrons. The van der Waals surface area contributed by atoms with Crippen molar-refractivity contribution in [2.75, 3.05) is 11.4 Å². The summed E-state index contributed by atoms with van der Waals surface area (Å²) in [6, 6.07) is 4.34. The fraction of sp³-hybridized carbons (Fsp3) is 0.588. The maximum absolute atomic E-state index is 12.0. The van der Waals surface area contributed by atoms with Gasteiger partial charge in [0.2, 0.25) is 5.91 Å². The minimum Gasteiger partial charge on any atom is -0.399 e. The quantitative estimate of drug-likeness (QED) is 0.743. The molecule has 3 heterocycles. The van der Waals surface area contributed by atoms with Gasteiger partial charge in [-0.25, -0.2) is 0 Å². The number of carbonyl (C=O) groups is 1. The zero-order valence-electron chi connectivity index (χ0n) is 13.7. The topological polar surface area (TPSA) is 38.8 Å². The molecule has 5 heteroatoms. The molecule has 0 bridgehead atoms. The Kier molecular flexibility index (Phi) is 2.83. The third-order valence-corrected chi connectivity index (χ3v) is 5.60. The van der Waals surface area contributed by atoms with E-state index in [1.165, 1.54) is 11.1 Å². The lowest BCUT2D eigenvalue weighted by Crippen LogP contribution is -2.41. The Balaban J connectivity index is 1.73. The Labute approximate surface area is 131 Å². The smallest absolute Gasteiger partial charge is 0.399 e. The second-order valence-corrected chi connectivity index (χ2v) is 7.57. The van der Waals surface area contributed by atoms with Gasteiger partial charge in [0.1, 0.15) is 0 Å². The Bertz CT molecular complexity index is 652. The molecule has 22 heavy (non-hydrogen) atoms. The maximum Gasteiger partial charge on any atom is 0.494 e. The van der Waals surface area contributed by atoms with Crippen LogP contribution in [-0.2, 0) is 26.9 Å². The normalized spacial score (nSPS) is 24.8. The molecule has 0 unspecified atom stereocenters. The van der Waals surface area contributed by atoms with Gasteiger partial charge in [-0.2, -0.15) is 0 Å². The van der Waals surface area contributed by atoms with E-state index in [-0.39, 0.29) is 24.2 Å². The molecular weight excluding hydrogens is 277 g/mol. The highest BCUT2D eigenvalue weighted by molar-refractivity contribution is 6.62. The summed E-state index contributed by atoms with van der Waals surface area (Å²) in [6.45, 7) is 9.11. The number of rotatable bonds is 1. The number of hydrogen-bond donors (Lipinski definition) is 0. The summed E-state index contributed by atoms with van der Waals surface area (Å²) in [5.41, 5.74) is 4.11. The molecule has 1 fully saturated rings. The van der Waals surface area contributed by atoms with Gasteiger partial charge in [0.05, 0.1) is 16.9 Å². The summed E-state index contributed by atoms with van der Waals surface area (Å²) < 4.78 is 12.3. The van der Waals surface area contributed by atoms with Crippen molar-refractivity contribution < 1.29 is 14.1 Å². The van der Waals surface area contributed by atoms with Gasteiger partial charge >= 0.3 is 7.12 Å². The van der Waals surface area contributed by atoms with E-state index in [0.29, 0.717) is 6.42 Å². The minimum atomic E-state index is -0.323. The number of aryl methyl sites for hydroxylation is 1. The second kappa shape index (κ2) is 4.36. The first kappa shape index (κ1) is 14.3. The zero-order chi connectivity index (χ0) is 15.7. The van der Waals surface area contributed by atoms with Crippen LogP contribution in [0.3, 0.4) is 0 Å². The maximum atomic E-state index is 12.0. The lowest BCUT2D eigenvalue weighted by atomic mass is 9.76. The molecule has 1 saturated heterocycles. The average molecular weight is 299 g/mol. The average Bonchev–Trinajstić information content (AvgIpc) is 2.95. The van der Waals surface area contributed by atoms with Gasteiger partial charge in [-0.1, -0.05) is 12.1 Å². The van der Waals surface area contributed by atoms with Crippen LogP contribution < -0.4 is 10.4 Å². The number of anilines is 1. The molecule has 116 valence electrons. The van der Waals surface area contributed by atoms with E-state index in [9.17, 15) is 4.79 Å². The Morgan fingerprint density at radius 3 is 2.23 bits per heavy atom. The highest BCUT2D eigenvalue weighted by Crippen LogP contribution is 2.39. The molecule has 0 saturated carbocycles. The van der Waals surface area contributed by atoms with Gasteiger partial charge in [0, 0.05) is 13.0 Å². The highest BCUT2D eigenvalue weighted by atomic mass is 16.7. The van der Waals surface area contributed by atoms with E-state index in [2.05, 4.69) is 39.8 Å². The molecule has 0 aliphatic carbocycles. The van der Waals surface area contributed by atoms with Crippen LogP contribution in [0.25, 0.3) is 0 Å². The fourth-order valence-electron chi connectivity index (χ4n) is 3.60. The molecular formula is C17H22BNO3. The van der Waals surface area contributed by atoms with Gasteiger partial charge in [-0.15, -0.1) is 0 Å². The van der Waals surface area contributed by atoms with Crippen LogP contribution in [0.15, 0.2) is 12.1 Å². The van der Waals surface area contributed by atoms with Crippen molar-refractivity contribution in [3.63, 3.8) is 0 Å².